The highest BCUT2D eigenvalue weighted by Gasteiger charge is 2.20. The first kappa shape index (κ1) is 27.7. The molecule has 0 amide bonds. The van der Waals surface area contributed by atoms with Crippen molar-refractivity contribution in [2.45, 2.75) is 43.9 Å². The van der Waals surface area contributed by atoms with E-state index in [0.29, 0.717) is 6.42 Å². The molecular formula is C26H29NO7S. The minimum atomic E-state index is -4.27. The van der Waals surface area contributed by atoms with Gasteiger partial charge >= 0.3 is 11.9 Å². The molecule has 0 aliphatic rings. The summed E-state index contributed by atoms with van der Waals surface area (Å²) in [7, 11) is -4.27. The Labute approximate surface area is 205 Å². The van der Waals surface area contributed by atoms with Crippen LogP contribution in [0, 0.1) is 6.92 Å². The molecule has 3 rings (SSSR count). The van der Waals surface area contributed by atoms with E-state index in [2.05, 4.69) is 5.73 Å². The Morgan fingerprint density at radius 1 is 0.829 bits per heavy atom. The first-order chi connectivity index (χ1) is 16.6. The molecule has 186 valence electrons. The summed E-state index contributed by atoms with van der Waals surface area (Å²) in [5, 5.41) is 0. The number of hydrogen-bond acceptors (Lipinski definition) is 7. The predicted octanol–water partition coefficient (Wildman–Crippen LogP) is 2.76. The monoisotopic (exact) mass is 499 g/mol. The van der Waals surface area contributed by atoms with Crippen molar-refractivity contribution < 1.29 is 37.8 Å². The van der Waals surface area contributed by atoms with E-state index in [1.54, 1.807) is 12.1 Å². The molecule has 3 aromatic rings. The summed E-state index contributed by atoms with van der Waals surface area (Å²) < 4.78 is 41.5. The van der Waals surface area contributed by atoms with Crippen molar-refractivity contribution in [3.05, 3.63) is 102 Å². The van der Waals surface area contributed by atoms with Crippen molar-refractivity contribution in [3.8, 4) is 0 Å². The van der Waals surface area contributed by atoms with Crippen molar-refractivity contribution in [2.24, 2.45) is 0 Å². The van der Waals surface area contributed by atoms with Crippen LogP contribution in [0.3, 0.4) is 0 Å². The van der Waals surface area contributed by atoms with Crippen molar-refractivity contribution in [3.63, 3.8) is 0 Å². The van der Waals surface area contributed by atoms with Crippen LogP contribution in [0.15, 0.2) is 89.8 Å². The maximum Gasteiger partial charge on any atom is 0.365 e. The van der Waals surface area contributed by atoms with Gasteiger partial charge in [-0.2, -0.15) is 0 Å². The van der Waals surface area contributed by atoms with Crippen LogP contribution in [0.2, 0.25) is 0 Å². The smallest absolute Gasteiger partial charge is 0.365 e. The summed E-state index contributed by atoms with van der Waals surface area (Å²) in [4.78, 5) is 23.4. The highest BCUT2D eigenvalue weighted by atomic mass is 32.2. The maximum atomic E-state index is 11.9. The second-order valence-electron chi connectivity index (χ2n) is 7.74. The number of aryl methyl sites for hydroxylation is 1. The number of esters is 2. The maximum absolute atomic E-state index is 11.9. The molecule has 9 heteroatoms. The van der Waals surface area contributed by atoms with E-state index >= 15 is 0 Å². The summed E-state index contributed by atoms with van der Waals surface area (Å²) in [6.45, 7) is 2.27. The van der Waals surface area contributed by atoms with E-state index in [9.17, 15) is 22.6 Å². The number of benzene rings is 3. The lowest BCUT2D eigenvalue weighted by Gasteiger charge is -2.09. The van der Waals surface area contributed by atoms with Crippen LogP contribution in [0.25, 0.3) is 0 Å². The predicted molar refractivity (Wildman–Crippen MR) is 128 cm³/mol. The Kier molecular flexibility index (Phi) is 11.1. The van der Waals surface area contributed by atoms with E-state index in [-0.39, 0.29) is 30.5 Å². The fourth-order valence-corrected chi connectivity index (χ4v) is 3.24. The van der Waals surface area contributed by atoms with Gasteiger partial charge in [-0.3, -0.25) is 4.79 Å². The normalized spacial score (nSPS) is 11.5. The van der Waals surface area contributed by atoms with E-state index in [1.807, 2.05) is 67.6 Å². The molecule has 0 aliphatic carbocycles. The van der Waals surface area contributed by atoms with Gasteiger partial charge < -0.3 is 19.8 Å². The van der Waals surface area contributed by atoms with Gasteiger partial charge in [-0.1, -0.05) is 78.4 Å². The fourth-order valence-electron chi connectivity index (χ4n) is 2.77. The van der Waals surface area contributed by atoms with Crippen LogP contribution in [0.4, 0.5) is 0 Å². The molecule has 8 nitrogen and oxygen atoms in total. The molecule has 0 aromatic heterocycles. The van der Waals surface area contributed by atoms with Gasteiger partial charge in [-0.05, 0) is 30.2 Å². The Morgan fingerprint density at radius 2 is 1.31 bits per heavy atom. The van der Waals surface area contributed by atoms with Gasteiger partial charge in [-0.15, -0.1) is 0 Å². The summed E-state index contributed by atoms with van der Waals surface area (Å²) in [6.07, 6.45) is 0.447. The van der Waals surface area contributed by atoms with Crippen LogP contribution >= 0.6 is 0 Å². The zero-order valence-electron chi connectivity index (χ0n) is 19.5. The number of carbonyl (C=O) groups is 2. The van der Waals surface area contributed by atoms with E-state index in [4.69, 9.17) is 9.47 Å². The quantitative estimate of drug-likeness (QED) is 0.353. The fraction of sp³-hybridized carbons (Fsp3) is 0.231. The standard InChI is InChI=1S/C19H21NO4.C7H8O3S/c20-17(19(22)24-14-16-9-5-2-6-10-16)11-12-18(21)23-13-15-7-3-1-4-8-15;1-6-2-4-7(5-3-6)11(8,9)10/h1-10,17H,11-14,20H2;2-5H,1H3,(H,8,9,10). The number of rotatable bonds is 9. The molecule has 0 fully saturated rings. The molecule has 0 bridgehead atoms. The van der Waals surface area contributed by atoms with Gasteiger partial charge in [0.25, 0.3) is 0 Å². The molecular weight excluding hydrogens is 470 g/mol. The van der Waals surface area contributed by atoms with E-state index in [1.165, 1.54) is 12.1 Å². The Balaban J connectivity index is 0.000000328. The van der Waals surface area contributed by atoms with Crippen LogP contribution in [0.5, 0.6) is 0 Å². The molecule has 0 aliphatic heterocycles. The Bertz CT molecular complexity index is 1170. The number of quaternary nitrogens is 1. The number of ether oxygens (including phenoxy) is 2. The van der Waals surface area contributed by atoms with E-state index in [0.717, 1.165) is 16.7 Å². The minimum absolute atomic E-state index is 0.140. The van der Waals surface area contributed by atoms with Crippen LogP contribution in [0.1, 0.15) is 29.5 Å². The zero-order valence-corrected chi connectivity index (χ0v) is 20.3. The second kappa shape index (κ2) is 14.0. The van der Waals surface area contributed by atoms with Crippen molar-refractivity contribution in [1.82, 2.24) is 0 Å². The number of hydrogen-bond donors (Lipinski definition) is 1. The Morgan fingerprint density at radius 3 is 1.80 bits per heavy atom. The lowest BCUT2D eigenvalue weighted by Crippen LogP contribution is -2.65. The van der Waals surface area contributed by atoms with Crippen LogP contribution < -0.4 is 5.73 Å². The van der Waals surface area contributed by atoms with Gasteiger partial charge in [0, 0.05) is 6.42 Å². The first-order valence-electron chi connectivity index (χ1n) is 10.9. The van der Waals surface area contributed by atoms with Gasteiger partial charge in [0.1, 0.15) is 23.3 Å². The Hall–Kier alpha value is -3.53. The van der Waals surface area contributed by atoms with Crippen molar-refractivity contribution in [1.29, 1.82) is 0 Å². The lowest BCUT2D eigenvalue weighted by molar-refractivity contribution is -0.409. The zero-order chi connectivity index (χ0) is 25.7. The SMILES string of the molecule is Cc1ccc(S(=O)(=O)[O-])cc1.[NH3+]C(CCC(=O)OCc1ccccc1)C(=O)OCc1ccccc1. The largest absolute Gasteiger partial charge is 0.744 e. The molecule has 0 saturated carbocycles. The molecule has 3 N–H and O–H groups in total. The minimum Gasteiger partial charge on any atom is -0.744 e. The van der Waals surface area contributed by atoms with Gasteiger partial charge in [0.2, 0.25) is 0 Å². The summed E-state index contributed by atoms with van der Waals surface area (Å²) in [6, 6.07) is 24.1. The molecule has 3 aromatic carbocycles. The molecule has 0 radical (unpaired) electrons. The topological polar surface area (TPSA) is 137 Å². The molecule has 35 heavy (non-hydrogen) atoms. The lowest BCUT2D eigenvalue weighted by atomic mass is 10.1. The highest BCUT2D eigenvalue weighted by Crippen LogP contribution is 2.08. The second-order valence-corrected chi connectivity index (χ2v) is 9.12. The van der Waals surface area contributed by atoms with Crippen molar-refractivity contribution >= 4 is 22.1 Å². The third-order valence-corrected chi connectivity index (χ3v) is 5.66. The highest BCUT2D eigenvalue weighted by molar-refractivity contribution is 7.85. The van der Waals surface area contributed by atoms with Crippen LogP contribution in [-0.4, -0.2) is 31.0 Å². The van der Waals surface area contributed by atoms with Gasteiger partial charge in [0.05, 0.1) is 11.3 Å². The molecule has 0 spiro atoms. The molecule has 1 atom stereocenters. The number of carbonyl (C=O) groups excluding carboxylic acids is 2. The average Bonchev–Trinajstić information content (AvgIpc) is 2.86. The molecule has 1 unspecified atom stereocenters. The molecule has 0 heterocycles. The third kappa shape index (κ3) is 11.0. The van der Waals surface area contributed by atoms with Gasteiger partial charge in [0.15, 0.2) is 6.04 Å². The molecule has 0 saturated heterocycles. The summed E-state index contributed by atoms with van der Waals surface area (Å²) in [5.41, 5.74) is 6.53. The summed E-state index contributed by atoms with van der Waals surface area (Å²) in [5.74, 6) is -0.752. The first-order valence-corrected chi connectivity index (χ1v) is 12.3. The van der Waals surface area contributed by atoms with Gasteiger partial charge in [-0.25, -0.2) is 13.2 Å². The van der Waals surface area contributed by atoms with Crippen molar-refractivity contribution in [2.75, 3.05) is 0 Å². The average molecular weight is 500 g/mol. The summed E-state index contributed by atoms with van der Waals surface area (Å²) >= 11 is 0. The van der Waals surface area contributed by atoms with E-state index < -0.39 is 22.1 Å². The third-order valence-electron chi connectivity index (χ3n) is 4.81. The van der Waals surface area contributed by atoms with Crippen LogP contribution in [-0.2, 0) is 42.4 Å².